The summed E-state index contributed by atoms with van der Waals surface area (Å²) in [5.41, 5.74) is 7.10. The van der Waals surface area contributed by atoms with Crippen LogP contribution in [0, 0.1) is 6.92 Å². The monoisotopic (exact) mass is 519 g/mol. The van der Waals surface area contributed by atoms with Gasteiger partial charge in [0.25, 0.3) is 5.89 Å². The van der Waals surface area contributed by atoms with E-state index in [1.54, 1.807) is 12.1 Å². The smallest absolute Gasteiger partial charge is 0.258 e. The Morgan fingerprint density at radius 3 is 2.53 bits per heavy atom. The number of aromatic nitrogens is 3. The van der Waals surface area contributed by atoms with Gasteiger partial charge in [0, 0.05) is 36.3 Å². The average molecular weight is 520 g/mol. The molecule has 194 valence electrons. The first-order valence-corrected chi connectivity index (χ1v) is 11.8. The van der Waals surface area contributed by atoms with Gasteiger partial charge in [-0.1, -0.05) is 16.8 Å². The Bertz CT molecular complexity index is 1200. The molecule has 1 aromatic carbocycles. The quantitative estimate of drug-likeness (QED) is 0.325. The van der Waals surface area contributed by atoms with Crippen LogP contribution in [-0.2, 0) is 4.79 Å². The lowest BCUT2D eigenvalue weighted by atomic mass is 10.1. The van der Waals surface area contributed by atoms with Gasteiger partial charge >= 0.3 is 0 Å². The van der Waals surface area contributed by atoms with Gasteiger partial charge in [0.1, 0.15) is 18.5 Å². The first-order valence-electron chi connectivity index (χ1n) is 11.4. The van der Waals surface area contributed by atoms with Gasteiger partial charge in [-0.25, -0.2) is 4.98 Å². The number of hydrogen-bond acceptors (Lipinski definition) is 10. The highest BCUT2D eigenvalue weighted by molar-refractivity contribution is 6.32. The van der Waals surface area contributed by atoms with Crippen molar-refractivity contribution in [3.05, 3.63) is 35.0 Å². The number of hydrogen-bond donors (Lipinski definition) is 3. The highest BCUT2D eigenvalue weighted by Gasteiger charge is 2.21. The van der Waals surface area contributed by atoms with Gasteiger partial charge in [0.15, 0.2) is 11.5 Å². The number of aliphatic hydroxyl groups is 2. The molecule has 0 aliphatic carbocycles. The molecule has 0 aliphatic rings. The summed E-state index contributed by atoms with van der Waals surface area (Å²) in [6, 6.07) is 6.98. The van der Waals surface area contributed by atoms with Gasteiger partial charge in [0.05, 0.1) is 18.2 Å². The number of primary amides is 1. The molecule has 36 heavy (non-hydrogen) atoms. The van der Waals surface area contributed by atoms with Crippen molar-refractivity contribution in [2.75, 3.05) is 31.7 Å². The number of ether oxygens (including phenoxy) is 2. The Labute approximate surface area is 213 Å². The van der Waals surface area contributed by atoms with Gasteiger partial charge in [-0.05, 0) is 45.0 Å². The summed E-state index contributed by atoms with van der Waals surface area (Å²) in [4.78, 5) is 22.2. The minimum atomic E-state index is -1.48. The second kappa shape index (κ2) is 12.0. The van der Waals surface area contributed by atoms with Gasteiger partial charge in [-0.2, -0.15) is 4.98 Å². The third-order valence-corrected chi connectivity index (χ3v) is 5.71. The molecular formula is C24H30ClN5O6. The second-order valence-corrected chi connectivity index (χ2v) is 8.47. The van der Waals surface area contributed by atoms with E-state index in [0.29, 0.717) is 17.3 Å². The third-order valence-electron chi connectivity index (χ3n) is 5.43. The summed E-state index contributed by atoms with van der Waals surface area (Å²) >= 11 is 6.42. The molecular weight excluding hydrogens is 490 g/mol. The topological polar surface area (TPSA) is 157 Å². The van der Waals surface area contributed by atoms with Gasteiger partial charge in [-0.15, -0.1) is 0 Å². The molecule has 0 bridgehead atoms. The number of methoxy groups -OCH3 is 1. The molecule has 3 aromatic rings. The van der Waals surface area contributed by atoms with Crippen LogP contribution in [0.15, 0.2) is 28.8 Å². The van der Waals surface area contributed by atoms with E-state index in [-0.39, 0.29) is 29.5 Å². The Morgan fingerprint density at radius 2 is 1.89 bits per heavy atom. The van der Waals surface area contributed by atoms with Crippen molar-refractivity contribution in [2.24, 2.45) is 5.73 Å². The molecule has 2 aromatic heterocycles. The standard InChI is InChI=1S/C24H30ClN5O6/c1-5-30(6-2)20-10-15(7-13(3)27-20)24-28-23(29-36-24)14-8-17(25)21(19(9-14)34-4)35-12-16(31)11-18(32)22(26)33/h7-10,16,18,31-32H,5-6,11-12H2,1-4H3,(H2,26,33)/t16-,18?/m1/s1. The van der Waals surface area contributed by atoms with Crippen molar-refractivity contribution in [3.63, 3.8) is 0 Å². The Kier molecular flexibility index (Phi) is 9.08. The molecule has 3 rings (SSSR count). The van der Waals surface area contributed by atoms with Gasteiger partial charge in [-0.3, -0.25) is 4.79 Å². The molecule has 4 N–H and O–H groups in total. The zero-order chi connectivity index (χ0) is 26.4. The van der Waals surface area contributed by atoms with Crippen LogP contribution < -0.4 is 20.1 Å². The fraction of sp³-hybridized carbons (Fsp3) is 0.417. The normalized spacial score (nSPS) is 12.8. The number of nitrogens with two attached hydrogens (primary N) is 1. The Balaban J connectivity index is 1.83. The number of amides is 1. The number of aryl methyl sites for hydroxylation is 1. The highest BCUT2D eigenvalue weighted by Crippen LogP contribution is 2.39. The predicted octanol–water partition coefficient (Wildman–Crippen LogP) is 2.59. The minimum absolute atomic E-state index is 0.174. The van der Waals surface area contributed by atoms with Gasteiger partial charge < -0.3 is 34.8 Å². The molecule has 1 amide bonds. The van der Waals surface area contributed by atoms with E-state index in [0.717, 1.165) is 30.2 Å². The number of carbonyl (C=O) groups is 1. The summed E-state index contributed by atoms with van der Waals surface area (Å²) in [6.07, 6.45) is -2.91. The van der Waals surface area contributed by atoms with E-state index in [9.17, 15) is 15.0 Å². The lowest BCUT2D eigenvalue weighted by Crippen LogP contribution is -2.33. The molecule has 11 nitrogen and oxygen atoms in total. The second-order valence-electron chi connectivity index (χ2n) is 8.06. The number of rotatable bonds is 12. The van der Waals surface area contributed by atoms with Crippen molar-refractivity contribution in [2.45, 2.75) is 39.4 Å². The van der Waals surface area contributed by atoms with Crippen molar-refractivity contribution >= 4 is 23.3 Å². The molecule has 0 saturated carbocycles. The molecule has 0 saturated heterocycles. The van der Waals surface area contributed by atoms with Crippen LogP contribution in [0.5, 0.6) is 11.5 Å². The fourth-order valence-electron chi connectivity index (χ4n) is 3.55. The van der Waals surface area contributed by atoms with E-state index in [2.05, 4.69) is 33.9 Å². The van der Waals surface area contributed by atoms with E-state index in [1.807, 2.05) is 19.1 Å². The molecule has 0 radical (unpaired) electrons. The molecule has 1 unspecified atom stereocenters. The zero-order valence-electron chi connectivity index (χ0n) is 20.6. The lowest BCUT2D eigenvalue weighted by molar-refractivity contribution is -0.127. The molecule has 0 spiro atoms. The predicted molar refractivity (Wildman–Crippen MR) is 134 cm³/mol. The molecule has 0 fully saturated rings. The Morgan fingerprint density at radius 1 is 1.17 bits per heavy atom. The maximum absolute atomic E-state index is 11.0. The van der Waals surface area contributed by atoms with Crippen molar-refractivity contribution in [1.29, 1.82) is 0 Å². The summed E-state index contributed by atoms with van der Waals surface area (Å²) in [7, 11) is 1.44. The lowest BCUT2D eigenvalue weighted by Gasteiger charge is -2.20. The minimum Gasteiger partial charge on any atom is -0.493 e. The molecule has 2 heterocycles. The maximum Gasteiger partial charge on any atom is 0.258 e. The van der Waals surface area contributed by atoms with Crippen molar-refractivity contribution in [1.82, 2.24) is 15.1 Å². The largest absolute Gasteiger partial charge is 0.493 e. The number of anilines is 1. The van der Waals surface area contributed by atoms with E-state index in [1.165, 1.54) is 7.11 Å². The number of pyridine rings is 1. The summed E-state index contributed by atoms with van der Waals surface area (Å²) < 4.78 is 16.5. The van der Waals surface area contributed by atoms with Crippen molar-refractivity contribution < 1.29 is 29.0 Å². The van der Waals surface area contributed by atoms with Crippen LogP contribution in [-0.4, -0.2) is 70.3 Å². The zero-order valence-corrected chi connectivity index (χ0v) is 21.3. The maximum atomic E-state index is 11.0. The third kappa shape index (κ3) is 6.42. The highest BCUT2D eigenvalue weighted by atomic mass is 35.5. The molecule has 2 atom stereocenters. The molecule has 0 aliphatic heterocycles. The number of aliphatic hydroxyl groups excluding tert-OH is 2. The number of benzene rings is 1. The first-order chi connectivity index (χ1) is 17.2. The summed E-state index contributed by atoms with van der Waals surface area (Å²) in [5.74, 6) is 0.963. The van der Waals surface area contributed by atoms with E-state index < -0.39 is 18.1 Å². The van der Waals surface area contributed by atoms with Crippen LogP contribution in [0.1, 0.15) is 26.0 Å². The van der Waals surface area contributed by atoms with E-state index in [4.69, 9.17) is 31.3 Å². The first kappa shape index (κ1) is 27.2. The van der Waals surface area contributed by atoms with Gasteiger partial charge in [0.2, 0.25) is 11.7 Å². The van der Waals surface area contributed by atoms with Crippen LogP contribution >= 0.6 is 11.6 Å². The number of nitrogens with zero attached hydrogens (tertiary/aromatic N) is 4. The molecule has 12 heteroatoms. The summed E-state index contributed by atoms with van der Waals surface area (Å²) in [5, 5.41) is 23.8. The van der Waals surface area contributed by atoms with Crippen LogP contribution in [0.3, 0.4) is 0 Å². The number of carbonyl (C=O) groups excluding carboxylic acids is 1. The van der Waals surface area contributed by atoms with Crippen LogP contribution in [0.25, 0.3) is 22.8 Å². The Hall–Kier alpha value is -3.41. The fourth-order valence-corrected chi connectivity index (χ4v) is 3.82. The average Bonchev–Trinajstić information content (AvgIpc) is 3.33. The van der Waals surface area contributed by atoms with Crippen molar-refractivity contribution in [3.8, 4) is 34.3 Å². The van der Waals surface area contributed by atoms with Crippen LogP contribution in [0.2, 0.25) is 5.02 Å². The number of halogens is 1. The SMILES string of the molecule is CCN(CC)c1cc(-c2nc(-c3cc(Cl)c(OC[C@H](O)CC(O)C(N)=O)c(OC)c3)no2)cc(C)n1. The van der Waals surface area contributed by atoms with Crippen LogP contribution in [0.4, 0.5) is 5.82 Å². The van der Waals surface area contributed by atoms with E-state index >= 15 is 0 Å². The summed E-state index contributed by atoms with van der Waals surface area (Å²) in [6.45, 7) is 7.42.